The molecule has 13 heavy (non-hydrogen) atoms. The molecule has 1 N–H and O–H groups in total. The summed E-state index contributed by atoms with van der Waals surface area (Å²) in [5.74, 6) is 0. The molecule has 1 atom stereocenters. The summed E-state index contributed by atoms with van der Waals surface area (Å²) in [6.45, 7) is -0.554. The highest BCUT2D eigenvalue weighted by Crippen LogP contribution is 2.19. The molecule has 5 heteroatoms. The van der Waals surface area contributed by atoms with E-state index in [9.17, 15) is 8.78 Å². The van der Waals surface area contributed by atoms with Crippen LogP contribution >= 0.6 is 0 Å². The van der Waals surface area contributed by atoms with Gasteiger partial charge < -0.3 is 4.74 Å². The first-order valence-electron chi connectivity index (χ1n) is 4.24. The van der Waals surface area contributed by atoms with Crippen LogP contribution in [-0.4, -0.2) is 31.7 Å². The molecule has 1 aliphatic carbocycles. The Kier molecular flexibility index (Phi) is 4.06. The van der Waals surface area contributed by atoms with E-state index < -0.39 is 19.1 Å². The van der Waals surface area contributed by atoms with Gasteiger partial charge in [-0.15, -0.1) is 0 Å². The summed E-state index contributed by atoms with van der Waals surface area (Å²) < 4.78 is 27.9. The van der Waals surface area contributed by atoms with Gasteiger partial charge in [0, 0.05) is 6.04 Å². The number of ether oxygens (including phenoxy) is 1. The van der Waals surface area contributed by atoms with Crippen molar-refractivity contribution in [3.05, 3.63) is 0 Å². The molecule has 0 aromatic rings. The molecular formula is C8H12F2N2O. The lowest BCUT2D eigenvalue weighted by Gasteiger charge is -2.10. The average molecular weight is 190 g/mol. The summed E-state index contributed by atoms with van der Waals surface area (Å²) in [7, 11) is 0. The van der Waals surface area contributed by atoms with Gasteiger partial charge >= 0.3 is 0 Å². The molecule has 1 rings (SSSR count). The summed E-state index contributed by atoms with van der Waals surface area (Å²) in [6.07, 6.45) is -0.333. The Morgan fingerprint density at radius 2 is 2.15 bits per heavy atom. The summed E-state index contributed by atoms with van der Waals surface area (Å²) in [4.78, 5) is 0. The number of halogens is 2. The van der Waals surface area contributed by atoms with Crippen LogP contribution in [0.25, 0.3) is 0 Å². The summed E-state index contributed by atoms with van der Waals surface area (Å²) in [5, 5.41) is 11.6. The van der Waals surface area contributed by atoms with Gasteiger partial charge in [0.1, 0.15) is 12.6 Å². The zero-order valence-electron chi connectivity index (χ0n) is 7.17. The number of nitriles is 1. The molecule has 1 aliphatic rings. The fraction of sp³-hybridized carbons (Fsp3) is 0.875. The van der Waals surface area contributed by atoms with E-state index in [4.69, 9.17) is 5.26 Å². The van der Waals surface area contributed by atoms with Gasteiger partial charge in [0.15, 0.2) is 0 Å². The Hall–Kier alpha value is -0.730. The largest absolute Gasteiger partial charge is 0.373 e. The van der Waals surface area contributed by atoms with E-state index in [-0.39, 0.29) is 6.61 Å². The number of nitrogens with zero attached hydrogens (tertiary/aromatic N) is 1. The molecule has 1 saturated carbocycles. The van der Waals surface area contributed by atoms with Crippen LogP contribution in [0.3, 0.4) is 0 Å². The standard InChI is InChI=1S/C8H12F2N2O/c9-8(10)5-13-4-7(3-11)12-6-1-2-6/h6-8,12H,1-2,4-5H2. The van der Waals surface area contributed by atoms with Crippen molar-refractivity contribution in [2.24, 2.45) is 0 Å². The van der Waals surface area contributed by atoms with Crippen LogP contribution in [0.5, 0.6) is 0 Å². The quantitative estimate of drug-likeness (QED) is 0.677. The van der Waals surface area contributed by atoms with Crippen molar-refractivity contribution in [3.8, 4) is 6.07 Å². The highest BCUT2D eigenvalue weighted by molar-refractivity contribution is 4.95. The Morgan fingerprint density at radius 1 is 1.46 bits per heavy atom. The molecule has 1 fully saturated rings. The minimum atomic E-state index is -2.46. The lowest BCUT2D eigenvalue weighted by Crippen LogP contribution is -2.34. The van der Waals surface area contributed by atoms with Gasteiger partial charge in [-0.05, 0) is 12.8 Å². The van der Waals surface area contributed by atoms with Crippen LogP contribution in [0, 0.1) is 11.3 Å². The zero-order chi connectivity index (χ0) is 9.68. The van der Waals surface area contributed by atoms with Gasteiger partial charge in [-0.25, -0.2) is 8.78 Å². The Labute approximate surface area is 75.7 Å². The van der Waals surface area contributed by atoms with Crippen LogP contribution < -0.4 is 5.32 Å². The first-order chi connectivity index (χ1) is 6.22. The second kappa shape index (κ2) is 5.10. The molecule has 0 aromatic carbocycles. The summed E-state index contributed by atoms with van der Waals surface area (Å²) in [6, 6.07) is 1.90. The van der Waals surface area contributed by atoms with Gasteiger partial charge in [-0.3, -0.25) is 5.32 Å². The lowest BCUT2D eigenvalue weighted by atomic mass is 10.3. The van der Waals surface area contributed by atoms with E-state index in [0.29, 0.717) is 6.04 Å². The number of alkyl halides is 2. The maximum atomic E-state index is 11.6. The number of rotatable bonds is 6. The van der Waals surface area contributed by atoms with Gasteiger partial charge in [0.2, 0.25) is 0 Å². The van der Waals surface area contributed by atoms with E-state index in [1.807, 2.05) is 6.07 Å². The zero-order valence-corrected chi connectivity index (χ0v) is 7.17. The third kappa shape index (κ3) is 4.76. The van der Waals surface area contributed by atoms with Gasteiger partial charge in [-0.1, -0.05) is 0 Å². The van der Waals surface area contributed by atoms with E-state index in [2.05, 4.69) is 10.1 Å². The summed E-state index contributed by atoms with van der Waals surface area (Å²) in [5.41, 5.74) is 0. The van der Waals surface area contributed by atoms with Crippen LogP contribution in [0.4, 0.5) is 8.78 Å². The molecule has 0 bridgehead atoms. The number of hydrogen-bond donors (Lipinski definition) is 1. The second-order valence-corrected chi connectivity index (χ2v) is 3.05. The number of nitrogens with one attached hydrogen (secondary N) is 1. The van der Waals surface area contributed by atoms with Crippen molar-refractivity contribution in [1.29, 1.82) is 5.26 Å². The SMILES string of the molecule is N#CC(COCC(F)F)NC1CC1. The normalized spacial score (nSPS) is 18.6. The third-order valence-electron chi connectivity index (χ3n) is 1.70. The highest BCUT2D eigenvalue weighted by atomic mass is 19.3. The molecule has 0 spiro atoms. The molecule has 0 aliphatic heterocycles. The van der Waals surface area contributed by atoms with Gasteiger partial charge in [0.05, 0.1) is 12.7 Å². The first kappa shape index (κ1) is 10.4. The van der Waals surface area contributed by atoms with Crippen molar-refractivity contribution < 1.29 is 13.5 Å². The first-order valence-corrected chi connectivity index (χ1v) is 4.24. The smallest absolute Gasteiger partial charge is 0.261 e. The van der Waals surface area contributed by atoms with E-state index in [0.717, 1.165) is 12.8 Å². The van der Waals surface area contributed by atoms with Crippen molar-refractivity contribution in [3.63, 3.8) is 0 Å². The van der Waals surface area contributed by atoms with Crippen LogP contribution in [0.1, 0.15) is 12.8 Å². The Bertz CT molecular complexity index is 189. The number of hydrogen-bond acceptors (Lipinski definition) is 3. The minimum Gasteiger partial charge on any atom is -0.373 e. The molecule has 0 radical (unpaired) electrons. The van der Waals surface area contributed by atoms with Gasteiger partial charge in [0.25, 0.3) is 6.43 Å². The van der Waals surface area contributed by atoms with E-state index >= 15 is 0 Å². The topological polar surface area (TPSA) is 45.0 Å². The lowest BCUT2D eigenvalue weighted by molar-refractivity contribution is 0.0138. The maximum absolute atomic E-state index is 11.6. The molecular weight excluding hydrogens is 178 g/mol. The van der Waals surface area contributed by atoms with Crippen LogP contribution in [0.2, 0.25) is 0 Å². The molecule has 0 heterocycles. The third-order valence-corrected chi connectivity index (χ3v) is 1.70. The predicted molar refractivity (Wildman–Crippen MR) is 42.4 cm³/mol. The minimum absolute atomic E-state index is 0.0390. The highest BCUT2D eigenvalue weighted by Gasteiger charge is 2.24. The van der Waals surface area contributed by atoms with Crippen molar-refractivity contribution >= 4 is 0 Å². The maximum Gasteiger partial charge on any atom is 0.261 e. The van der Waals surface area contributed by atoms with Crippen LogP contribution in [-0.2, 0) is 4.74 Å². The second-order valence-electron chi connectivity index (χ2n) is 3.05. The fourth-order valence-corrected chi connectivity index (χ4v) is 0.932. The predicted octanol–water partition coefficient (Wildman–Crippen LogP) is 0.912. The average Bonchev–Trinajstić information content (AvgIpc) is 2.86. The van der Waals surface area contributed by atoms with Crippen molar-refractivity contribution in [2.45, 2.75) is 31.4 Å². The van der Waals surface area contributed by atoms with Crippen molar-refractivity contribution in [1.82, 2.24) is 5.32 Å². The molecule has 3 nitrogen and oxygen atoms in total. The van der Waals surface area contributed by atoms with E-state index in [1.165, 1.54) is 0 Å². The molecule has 74 valence electrons. The summed E-state index contributed by atoms with van der Waals surface area (Å²) >= 11 is 0. The fourth-order valence-electron chi connectivity index (χ4n) is 0.932. The molecule has 0 aromatic heterocycles. The van der Waals surface area contributed by atoms with Crippen LogP contribution in [0.15, 0.2) is 0 Å². The molecule has 1 unspecified atom stereocenters. The monoisotopic (exact) mass is 190 g/mol. The van der Waals surface area contributed by atoms with E-state index in [1.54, 1.807) is 0 Å². The Morgan fingerprint density at radius 3 is 2.62 bits per heavy atom. The Balaban J connectivity index is 2.05. The molecule has 0 saturated heterocycles. The van der Waals surface area contributed by atoms with Crippen molar-refractivity contribution in [2.75, 3.05) is 13.2 Å². The van der Waals surface area contributed by atoms with Gasteiger partial charge in [-0.2, -0.15) is 5.26 Å². The molecule has 0 amide bonds.